The molecule has 29 heavy (non-hydrogen) atoms. The summed E-state index contributed by atoms with van der Waals surface area (Å²) in [5.74, 6) is 0. The number of nitrogens with zero attached hydrogens (tertiary/aromatic N) is 3. The molecule has 1 aliphatic rings. The van der Waals surface area contributed by atoms with E-state index in [4.69, 9.17) is 0 Å². The zero-order valence-electron chi connectivity index (χ0n) is 15.6. The second-order valence-corrected chi connectivity index (χ2v) is 8.15. The lowest BCUT2D eigenvalue weighted by molar-refractivity contribution is 0.0566. The van der Waals surface area contributed by atoms with Gasteiger partial charge >= 0.3 is 6.55 Å². The Kier molecular flexibility index (Phi) is 4.38. The first-order chi connectivity index (χ1) is 14.0. The van der Waals surface area contributed by atoms with E-state index < -0.39 is 6.55 Å². The highest BCUT2D eigenvalue weighted by Gasteiger charge is 2.24. The van der Waals surface area contributed by atoms with Crippen molar-refractivity contribution in [1.29, 1.82) is 0 Å². The fraction of sp³-hybridized carbons (Fsp3) is 0.238. The number of nitrogens with one attached hydrogen (secondary N) is 2. The molecule has 2 aromatic heterocycles. The molecule has 1 aliphatic carbocycles. The molecule has 5 rings (SSSR count). The number of aromatic nitrogens is 4. The van der Waals surface area contributed by atoms with Crippen molar-refractivity contribution in [3.8, 4) is 11.3 Å². The molecule has 1 unspecified atom stereocenters. The molecule has 0 saturated heterocycles. The first-order valence-corrected chi connectivity index (χ1v) is 10.2. The Labute approximate surface area is 174 Å². The fourth-order valence-electron chi connectivity index (χ4n) is 4.09. The zero-order valence-corrected chi connectivity index (χ0v) is 17.2. The highest BCUT2D eigenvalue weighted by Crippen LogP contribution is 2.38. The molecule has 8 heteroatoms. The van der Waals surface area contributed by atoms with E-state index in [2.05, 4.69) is 55.6 Å². The number of H-pyrrole nitrogens is 1. The summed E-state index contributed by atoms with van der Waals surface area (Å²) in [7, 11) is 0. The SMILES string of the molecule is Cc1c(Br)ccc2c1CCC2Nc1ccc2[nH]nc(-c3cnn(C(F)F)c3)c2c1. The average molecular weight is 458 g/mol. The number of anilines is 1. The van der Waals surface area contributed by atoms with Gasteiger partial charge < -0.3 is 5.32 Å². The van der Waals surface area contributed by atoms with Crippen molar-refractivity contribution in [3.05, 3.63) is 63.9 Å². The summed E-state index contributed by atoms with van der Waals surface area (Å²) < 4.78 is 27.5. The van der Waals surface area contributed by atoms with Crippen LogP contribution in [-0.4, -0.2) is 20.0 Å². The first-order valence-electron chi connectivity index (χ1n) is 9.36. The fourth-order valence-corrected chi connectivity index (χ4v) is 4.47. The maximum Gasteiger partial charge on any atom is 0.333 e. The van der Waals surface area contributed by atoms with E-state index in [9.17, 15) is 8.78 Å². The number of fused-ring (bicyclic) bond motifs is 2. The molecule has 4 aromatic rings. The molecule has 0 amide bonds. The van der Waals surface area contributed by atoms with Crippen molar-refractivity contribution < 1.29 is 8.78 Å². The molecule has 0 fully saturated rings. The van der Waals surface area contributed by atoms with Gasteiger partial charge in [0.15, 0.2) is 0 Å². The van der Waals surface area contributed by atoms with Gasteiger partial charge in [0.05, 0.1) is 17.8 Å². The van der Waals surface area contributed by atoms with E-state index in [0.717, 1.165) is 33.9 Å². The number of aromatic amines is 1. The van der Waals surface area contributed by atoms with Crippen LogP contribution in [0.25, 0.3) is 22.2 Å². The van der Waals surface area contributed by atoms with Crippen LogP contribution in [0.15, 0.2) is 47.2 Å². The predicted molar refractivity (Wildman–Crippen MR) is 112 cm³/mol. The molecule has 0 aliphatic heterocycles. The Morgan fingerprint density at radius 2 is 2.14 bits per heavy atom. The molecule has 1 atom stereocenters. The van der Waals surface area contributed by atoms with Crippen molar-refractivity contribution in [1.82, 2.24) is 20.0 Å². The molecular formula is C21H18BrF2N5. The van der Waals surface area contributed by atoms with Crippen LogP contribution in [0.4, 0.5) is 14.5 Å². The van der Waals surface area contributed by atoms with Crippen LogP contribution < -0.4 is 5.32 Å². The molecule has 148 valence electrons. The summed E-state index contributed by atoms with van der Waals surface area (Å²) in [4.78, 5) is 0. The minimum absolute atomic E-state index is 0.242. The smallest absolute Gasteiger partial charge is 0.333 e. The van der Waals surface area contributed by atoms with Gasteiger partial charge in [0.1, 0.15) is 5.69 Å². The van der Waals surface area contributed by atoms with Gasteiger partial charge in [-0.1, -0.05) is 22.0 Å². The number of hydrogen-bond acceptors (Lipinski definition) is 3. The number of halogens is 3. The summed E-state index contributed by atoms with van der Waals surface area (Å²) in [6, 6.07) is 10.5. The number of rotatable bonds is 4. The quantitative estimate of drug-likeness (QED) is 0.395. The van der Waals surface area contributed by atoms with Crippen molar-refractivity contribution in [2.45, 2.75) is 32.4 Å². The molecule has 0 saturated carbocycles. The van der Waals surface area contributed by atoms with E-state index >= 15 is 0 Å². The molecule has 2 aromatic carbocycles. The third-order valence-electron chi connectivity index (χ3n) is 5.61. The van der Waals surface area contributed by atoms with Gasteiger partial charge in [-0.25, -0.2) is 4.68 Å². The Hall–Kier alpha value is -2.74. The van der Waals surface area contributed by atoms with Gasteiger partial charge in [0.25, 0.3) is 0 Å². The van der Waals surface area contributed by atoms with Crippen LogP contribution >= 0.6 is 15.9 Å². The Morgan fingerprint density at radius 3 is 2.93 bits per heavy atom. The van der Waals surface area contributed by atoms with Crippen LogP contribution in [-0.2, 0) is 6.42 Å². The highest BCUT2D eigenvalue weighted by molar-refractivity contribution is 9.10. The second kappa shape index (κ2) is 6.95. The Morgan fingerprint density at radius 1 is 1.28 bits per heavy atom. The van der Waals surface area contributed by atoms with Gasteiger partial charge in [-0.2, -0.15) is 19.0 Å². The third kappa shape index (κ3) is 3.11. The molecule has 5 nitrogen and oxygen atoms in total. The van der Waals surface area contributed by atoms with Crippen molar-refractivity contribution >= 4 is 32.5 Å². The molecule has 2 heterocycles. The predicted octanol–water partition coefficient (Wildman–Crippen LogP) is 5.99. The first kappa shape index (κ1) is 18.3. The summed E-state index contributed by atoms with van der Waals surface area (Å²) in [5.41, 5.74) is 7.03. The van der Waals surface area contributed by atoms with Gasteiger partial charge in [0.2, 0.25) is 0 Å². The van der Waals surface area contributed by atoms with E-state index in [0.29, 0.717) is 15.9 Å². The van der Waals surface area contributed by atoms with Gasteiger partial charge in [0, 0.05) is 27.3 Å². The Balaban J connectivity index is 1.48. The number of hydrogen-bond donors (Lipinski definition) is 2. The minimum atomic E-state index is -2.67. The van der Waals surface area contributed by atoms with E-state index in [1.54, 1.807) is 0 Å². The highest BCUT2D eigenvalue weighted by atomic mass is 79.9. The van der Waals surface area contributed by atoms with Crippen LogP contribution in [0.2, 0.25) is 0 Å². The van der Waals surface area contributed by atoms with Crippen LogP contribution in [0.3, 0.4) is 0 Å². The van der Waals surface area contributed by atoms with Crippen molar-refractivity contribution in [3.63, 3.8) is 0 Å². The maximum atomic E-state index is 12.9. The van der Waals surface area contributed by atoms with E-state index in [1.165, 1.54) is 29.1 Å². The number of alkyl halides is 2. The summed E-state index contributed by atoms with van der Waals surface area (Å²) in [6.07, 6.45) is 4.80. The molecule has 0 spiro atoms. The molecule has 2 N–H and O–H groups in total. The van der Waals surface area contributed by atoms with Gasteiger partial charge in [-0.05, 0) is 60.7 Å². The lowest BCUT2D eigenvalue weighted by Gasteiger charge is -2.16. The van der Waals surface area contributed by atoms with Gasteiger partial charge in [-0.15, -0.1) is 0 Å². The molecule has 0 bridgehead atoms. The summed E-state index contributed by atoms with van der Waals surface area (Å²) in [5, 5.41) is 15.5. The summed E-state index contributed by atoms with van der Waals surface area (Å²) in [6.45, 7) is -0.522. The third-order valence-corrected chi connectivity index (χ3v) is 6.46. The second-order valence-electron chi connectivity index (χ2n) is 7.30. The topological polar surface area (TPSA) is 58.5 Å². The van der Waals surface area contributed by atoms with Crippen LogP contribution in [0.1, 0.15) is 35.7 Å². The lowest BCUT2D eigenvalue weighted by atomic mass is 10.0. The minimum Gasteiger partial charge on any atom is -0.378 e. The normalized spacial score (nSPS) is 16.0. The molecule has 0 radical (unpaired) electrons. The number of benzene rings is 2. The summed E-state index contributed by atoms with van der Waals surface area (Å²) >= 11 is 3.61. The van der Waals surface area contributed by atoms with Gasteiger partial charge in [-0.3, -0.25) is 5.10 Å². The monoisotopic (exact) mass is 457 g/mol. The standard InChI is InChI=1S/C21H18BrF2N5/c1-11-14-4-7-18(15(14)3-5-17(11)22)26-13-2-6-19-16(8-13)20(28-27-19)12-9-25-29(10-12)21(23)24/h2-3,5-6,8-10,18,21,26H,4,7H2,1H3,(H,27,28). The lowest BCUT2D eigenvalue weighted by Crippen LogP contribution is -2.07. The maximum absolute atomic E-state index is 12.9. The average Bonchev–Trinajstić information content (AvgIpc) is 3.43. The zero-order chi connectivity index (χ0) is 20.1. The Bertz CT molecular complexity index is 1210. The van der Waals surface area contributed by atoms with E-state index in [-0.39, 0.29) is 6.04 Å². The van der Waals surface area contributed by atoms with Crippen molar-refractivity contribution in [2.24, 2.45) is 0 Å². The van der Waals surface area contributed by atoms with E-state index in [1.807, 2.05) is 18.2 Å². The van der Waals surface area contributed by atoms with Crippen LogP contribution in [0.5, 0.6) is 0 Å². The molecular weight excluding hydrogens is 440 g/mol. The van der Waals surface area contributed by atoms with Crippen LogP contribution in [0, 0.1) is 6.92 Å². The van der Waals surface area contributed by atoms with Crippen molar-refractivity contribution in [2.75, 3.05) is 5.32 Å². The largest absolute Gasteiger partial charge is 0.378 e.